The molecular formula is C20H25ClN2O. The summed E-state index contributed by atoms with van der Waals surface area (Å²) in [6.07, 6.45) is 5.71. The maximum atomic E-state index is 12.7. The van der Waals surface area contributed by atoms with Crippen molar-refractivity contribution in [3.63, 3.8) is 0 Å². The monoisotopic (exact) mass is 344 g/mol. The molecule has 1 aromatic heterocycles. The Labute approximate surface area is 148 Å². The van der Waals surface area contributed by atoms with Crippen LogP contribution in [0, 0.1) is 11.3 Å². The minimum Gasteiger partial charge on any atom is -0.357 e. The second kappa shape index (κ2) is 5.80. The Hall–Kier alpha value is -1.48. The summed E-state index contributed by atoms with van der Waals surface area (Å²) in [5.41, 5.74) is 3.22. The lowest BCUT2D eigenvalue weighted by Gasteiger charge is -2.24. The number of carbonyl (C=O) groups excluding carboxylic acids is 1. The van der Waals surface area contributed by atoms with Crippen LogP contribution in [0.2, 0.25) is 5.02 Å². The van der Waals surface area contributed by atoms with Crippen LogP contribution in [0.4, 0.5) is 0 Å². The van der Waals surface area contributed by atoms with E-state index >= 15 is 0 Å². The van der Waals surface area contributed by atoms with Gasteiger partial charge in [0.2, 0.25) is 5.91 Å². The van der Waals surface area contributed by atoms with Gasteiger partial charge in [0.25, 0.3) is 0 Å². The van der Waals surface area contributed by atoms with Crippen LogP contribution in [0.25, 0.3) is 10.9 Å². The highest BCUT2D eigenvalue weighted by Gasteiger charge is 2.49. The largest absolute Gasteiger partial charge is 0.357 e. The molecule has 3 nitrogen and oxygen atoms in total. The van der Waals surface area contributed by atoms with Gasteiger partial charge in [-0.15, -0.1) is 0 Å². The van der Waals surface area contributed by atoms with Crippen molar-refractivity contribution in [3.05, 3.63) is 34.5 Å². The van der Waals surface area contributed by atoms with Crippen molar-refractivity contribution in [2.75, 3.05) is 0 Å². The maximum Gasteiger partial charge on any atom is 0.226 e. The Kier molecular flexibility index (Phi) is 3.87. The summed E-state index contributed by atoms with van der Waals surface area (Å²) in [7, 11) is 0. The average Bonchev–Trinajstić information content (AvgIpc) is 3.25. The minimum absolute atomic E-state index is 0.0647. The number of carbonyl (C=O) groups is 1. The Morgan fingerprint density at radius 3 is 2.71 bits per heavy atom. The topological polar surface area (TPSA) is 44.9 Å². The van der Waals surface area contributed by atoms with Gasteiger partial charge in [-0.25, -0.2) is 0 Å². The van der Waals surface area contributed by atoms with E-state index in [2.05, 4.69) is 36.3 Å². The molecule has 0 unspecified atom stereocenters. The third-order valence-corrected chi connectivity index (χ3v) is 6.41. The highest BCUT2D eigenvalue weighted by molar-refractivity contribution is 6.32. The Morgan fingerprint density at radius 2 is 2.08 bits per heavy atom. The first-order valence-electron chi connectivity index (χ1n) is 9.06. The molecule has 24 heavy (non-hydrogen) atoms. The molecular weight excluding hydrogens is 320 g/mol. The third kappa shape index (κ3) is 2.63. The summed E-state index contributed by atoms with van der Waals surface area (Å²) in [6.45, 7) is 4.86. The molecule has 4 rings (SSSR count). The van der Waals surface area contributed by atoms with E-state index in [1.807, 2.05) is 6.07 Å². The van der Waals surface area contributed by atoms with Gasteiger partial charge in [-0.1, -0.05) is 25.4 Å². The first kappa shape index (κ1) is 16.0. The molecule has 128 valence electrons. The molecule has 2 saturated carbocycles. The fourth-order valence-corrected chi connectivity index (χ4v) is 5.03. The van der Waals surface area contributed by atoms with Crippen molar-refractivity contribution in [3.8, 4) is 0 Å². The second-order valence-corrected chi connectivity index (χ2v) is 8.43. The van der Waals surface area contributed by atoms with Gasteiger partial charge in [0.15, 0.2) is 0 Å². The number of halogens is 1. The number of aromatic amines is 1. The normalized spacial score (nSPS) is 25.8. The van der Waals surface area contributed by atoms with Crippen LogP contribution in [0.1, 0.15) is 63.1 Å². The fourth-order valence-electron chi connectivity index (χ4n) is 4.64. The SMILES string of the molecule is CC(C)c1cc2[nH]c(CNC(=O)C34CCC(CC3)C4)cc2cc1Cl. The van der Waals surface area contributed by atoms with E-state index in [0.29, 0.717) is 12.5 Å². The zero-order chi connectivity index (χ0) is 16.9. The van der Waals surface area contributed by atoms with E-state index in [1.54, 1.807) is 0 Å². The summed E-state index contributed by atoms with van der Waals surface area (Å²) < 4.78 is 0. The van der Waals surface area contributed by atoms with Gasteiger partial charge in [-0.3, -0.25) is 4.79 Å². The number of aromatic nitrogens is 1. The molecule has 4 heteroatoms. The van der Waals surface area contributed by atoms with Crippen LogP contribution >= 0.6 is 11.6 Å². The van der Waals surface area contributed by atoms with Crippen molar-refractivity contribution < 1.29 is 4.79 Å². The van der Waals surface area contributed by atoms with Gasteiger partial charge < -0.3 is 10.3 Å². The number of rotatable bonds is 4. The molecule has 2 aromatic rings. The van der Waals surface area contributed by atoms with E-state index in [9.17, 15) is 4.79 Å². The van der Waals surface area contributed by atoms with Crippen molar-refractivity contribution in [1.29, 1.82) is 0 Å². The quantitative estimate of drug-likeness (QED) is 0.792. The molecule has 2 N–H and O–H groups in total. The molecule has 0 radical (unpaired) electrons. The molecule has 0 saturated heterocycles. The smallest absolute Gasteiger partial charge is 0.226 e. The van der Waals surface area contributed by atoms with Crippen LogP contribution < -0.4 is 5.32 Å². The molecule has 2 aliphatic carbocycles. The van der Waals surface area contributed by atoms with Crippen LogP contribution in [-0.4, -0.2) is 10.9 Å². The standard InChI is InChI=1S/C20H25ClN2O/c1-12(2)16-9-18-14(8-17(16)21)7-15(23-18)11-22-19(24)20-5-3-13(10-20)4-6-20/h7-9,12-13,23H,3-6,10-11H2,1-2H3,(H,22,24). The van der Waals surface area contributed by atoms with E-state index in [-0.39, 0.29) is 11.3 Å². The number of benzene rings is 1. The van der Waals surface area contributed by atoms with E-state index in [1.165, 1.54) is 12.8 Å². The highest BCUT2D eigenvalue weighted by atomic mass is 35.5. The first-order chi connectivity index (χ1) is 11.5. The first-order valence-corrected chi connectivity index (χ1v) is 9.44. The number of fused-ring (bicyclic) bond motifs is 3. The lowest BCUT2D eigenvalue weighted by atomic mass is 9.83. The van der Waals surface area contributed by atoms with Crippen LogP contribution in [0.3, 0.4) is 0 Å². The molecule has 0 atom stereocenters. The highest BCUT2D eigenvalue weighted by Crippen LogP contribution is 2.54. The predicted molar refractivity (Wildman–Crippen MR) is 98.3 cm³/mol. The average molecular weight is 345 g/mol. The Bertz CT molecular complexity index is 784. The molecule has 1 aromatic carbocycles. The van der Waals surface area contributed by atoms with Gasteiger partial charge in [-0.05, 0) is 67.7 Å². The lowest BCUT2D eigenvalue weighted by Crippen LogP contribution is -2.37. The van der Waals surface area contributed by atoms with Crippen LogP contribution in [0.15, 0.2) is 18.2 Å². The summed E-state index contributed by atoms with van der Waals surface area (Å²) in [4.78, 5) is 16.1. The van der Waals surface area contributed by atoms with E-state index in [4.69, 9.17) is 11.6 Å². The molecule has 0 spiro atoms. The molecule has 2 aliphatic rings. The number of hydrogen-bond donors (Lipinski definition) is 2. The number of hydrogen-bond acceptors (Lipinski definition) is 1. The number of H-pyrrole nitrogens is 1. The second-order valence-electron chi connectivity index (χ2n) is 8.02. The van der Waals surface area contributed by atoms with E-state index in [0.717, 1.165) is 52.4 Å². The fraction of sp³-hybridized carbons (Fsp3) is 0.550. The number of nitrogens with one attached hydrogen (secondary N) is 2. The summed E-state index contributed by atoms with van der Waals surface area (Å²) >= 11 is 6.38. The Balaban J connectivity index is 1.50. The van der Waals surface area contributed by atoms with Gasteiger partial charge >= 0.3 is 0 Å². The van der Waals surface area contributed by atoms with Gasteiger partial charge in [0, 0.05) is 27.0 Å². The van der Waals surface area contributed by atoms with Crippen LogP contribution in [0.5, 0.6) is 0 Å². The molecule has 2 fully saturated rings. The van der Waals surface area contributed by atoms with Crippen molar-refractivity contribution in [2.45, 2.75) is 58.4 Å². The molecule has 1 heterocycles. The van der Waals surface area contributed by atoms with Crippen molar-refractivity contribution in [1.82, 2.24) is 10.3 Å². The van der Waals surface area contributed by atoms with Crippen molar-refractivity contribution >= 4 is 28.4 Å². The summed E-state index contributed by atoms with van der Waals surface area (Å²) in [5, 5.41) is 5.09. The number of amides is 1. The maximum absolute atomic E-state index is 12.7. The minimum atomic E-state index is -0.0647. The third-order valence-electron chi connectivity index (χ3n) is 6.08. The predicted octanol–water partition coefficient (Wildman–Crippen LogP) is 5.14. The van der Waals surface area contributed by atoms with Gasteiger partial charge in [-0.2, -0.15) is 0 Å². The zero-order valence-corrected chi connectivity index (χ0v) is 15.2. The summed E-state index contributed by atoms with van der Waals surface area (Å²) in [6, 6.07) is 6.24. The summed E-state index contributed by atoms with van der Waals surface area (Å²) in [5.74, 6) is 1.44. The molecule has 0 aliphatic heterocycles. The molecule has 2 bridgehead atoms. The van der Waals surface area contributed by atoms with Crippen molar-refractivity contribution in [2.24, 2.45) is 11.3 Å². The lowest BCUT2D eigenvalue weighted by molar-refractivity contribution is -0.130. The van der Waals surface area contributed by atoms with E-state index < -0.39 is 0 Å². The van der Waals surface area contributed by atoms with Crippen LogP contribution in [-0.2, 0) is 11.3 Å². The van der Waals surface area contributed by atoms with Gasteiger partial charge in [0.1, 0.15) is 0 Å². The van der Waals surface area contributed by atoms with Gasteiger partial charge in [0.05, 0.1) is 6.54 Å². The zero-order valence-electron chi connectivity index (χ0n) is 14.4. The Morgan fingerprint density at radius 1 is 1.33 bits per heavy atom. The molecule has 1 amide bonds.